The van der Waals surface area contributed by atoms with Crippen molar-refractivity contribution in [2.45, 2.75) is 51.6 Å². The molecule has 0 saturated heterocycles. The Morgan fingerprint density at radius 1 is 1.38 bits per heavy atom. The van der Waals surface area contributed by atoms with Crippen molar-refractivity contribution in [2.24, 2.45) is 5.73 Å². The van der Waals surface area contributed by atoms with E-state index in [1.54, 1.807) is 10.4 Å². The van der Waals surface area contributed by atoms with Crippen molar-refractivity contribution in [3.63, 3.8) is 0 Å². The first-order chi connectivity index (χ1) is 7.79. The van der Waals surface area contributed by atoms with E-state index >= 15 is 0 Å². The van der Waals surface area contributed by atoms with E-state index in [9.17, 15) is 0 Å². The van der Waals surface area contributed by atoms with E-state index in [1.165, 1.54) is 37.0 Å². The lowest BCUT2D eigenvalue weighted by atomic mass is 10.1. The number of rotatable bonds is 4. The molecule has 0 aromatic carbocycles. The lowest BCUT2D eigenvalue weighted by molar-refractivity contribution is 0.560. The molecule has 1 atom stereocenters. The summed E-state index contributed by atoms with van der Waals surface area (Å²) >= 11 is 2.00. The summed E-state index contributed by atoms with van der Waals surface area (Å²) in [5, 5.41) is 3.46. The smallest absolute Gasteiger partial charge is 0.0302 e. The Kier molecular flexibility index (Phi) is 4.38. The van der Waals surface area contributed by atoms with Crippen molar-refractivity contribution in [1.82, 2.24) is 5.32 Å². The fraction of sp³-hybridized carbons (Fsp3) is 0.692. The Bertz CT molecular complexity index is 309. The summed E-state index contributed by atoms with van der Waals surface area (Å²) in [6.45, 7) is 3.83. The van der Waals surface area contributed by atoms with E-state index in [2.05, 4.69) is 18.3 Å². The zero-order valence-corrected chi connectivity index (χ0v) is 10.9. The SMILES string of the molecule is C[C@H](CN)NCc1cc2c(s1)CCCCC2. The normalized spacial score (nSPS) is 17.9. The molecule has 0 spiro atoms. The molecule has 0 unspecified atom stereocenters. The average molecular weight is 238 g/mol. The van der Waals surface area contributed by atoms with Crippen molar-refractivity contribution in [1.29, 1.82) is 0 Å². The minimum absolute atomic E-state index is 0.418. The van der Waals surface area contributed by atoms with Crippen molar-refractivity contribution >= 4 is 11.3 Å². The molecule has 2 nitrogen and oxygen atoms in total. The third kappa shape index (κ3) is 3.06. The molecule has 0 aliphatic heterocycles. The molecule has 90 valence electrons. The van der Waals surface area contributed by atoms with Gasteiger partial charge in [-0.15, -0.1) is 11.3 Å². The van der Waals surface area contributed by atoms with E-state index in [4.69, 9.17) is 5.73 Å². The van der Waals surface area contributed by atoms with Crippen LogP contribution in [-0.4, -0.2) is 12.6 Å². The van der Waals surface area contributed by atoms with Crippen LogP contribution in [0, 0.1) is 0 Å². The number of fused-ring (bicyclic) bond motifs is 1. The molecule has 16 heavy (non-hydrogen) atoms. The van der Waals surface area contributed by atoms with Gasteiger partial charge in [0.2, 0.25) is 0 Å². The molecule has 0 amide bonds. The summed E-state index contributed by atoms with van der Waals surface area (Å²) in [5.41, 5.74) is 7.21. The highest BCUT2D eigenvalue weighted by molar-refractivity contribution is 7.12. The van der Waals surface area contributed by atoms with Gasteiger partial charge in [-0.3, -0.25) is 0 Å². The maximum atomic E-state index is 5.60. The van der Waals surface area contributed by atoms with Gasteiger partial charge in [0.1, 0.15) is 0 Å². The summed E-state index contributed by atoms with van der Waals surface area (Å²) in [5.74, 6) is 0. The minimum Gasteiger partial charge on any atom is -0.329 e. The third-order valence-electron chi connectivity index (χ3n) is 3.28. The van der Waals surface area contributed by atoms with Crippen LogP contribution in [0.25, 0.3) is 0 Å². The van der Waals surface area contributed by atoms with E-state index < -0.39 is 0 Å². The second-order valence-electron chi connectivity index (χ2n) is 4.74. The number of aryl methyl sites for hydroxylation is 2. The quantitative estimate of drug-likeness (QED) is 0.791. The van der Waals surface area contributed by atoms with Crippen LogP contribution in [0.2, 0.25) is 0 Å². The summed E-state index contributed by atoms with van der Waals surface area (Å²) < 4.78 is 0. The fourth-order valence-electron chi connectivity index (χ4n) is 2.17. The number of nitrogens with one attached hydrogen (secondary N) is 1. The molecular formula is C13H22N2S. The first kappa shape index (κ1) is 12.1. The van der Waals surface area contributed by atoms with Gasteiger partial charge < -0.3 is 11.1 Å². The standard InChI is InChI=1S/C13H22N2S/c1-10(8-14)15-9-12-7-11-5-3-2-4-6-13(11)16-12/h7,10,15H,2-6,8-9,14H2,1H3/t10-/m1/s1. The predicted molar refractivity (Wildman–Crippen MR) is 70.9 cm³/mol. The Morgan fingerprint density at radius 3 is 3.00 bits per heavy atom. The van der Waals surface area contributed by atoms with Crippen LogP contribution >= 0.6 is 11.3 Å². The molecule has 1 heterocycles. The predicted octanol–water partition coefficient (Wildman–Crippen LogP) is 2.45. The number of thiophene rings is 1. The van der Waals surface area contributed by atoms with Crippen LogP contribution < -0.4 is 11.1 Å². The minimum atomic E-state index is 0.418. The zero-order valence-electron chi connectivity index (χ0n) is 10.1. The Balaban J connectivity index is 1.96. The lowest BCUT2D eigenvalue weighted by Gasteiger charge is -2.09. The van der Waals surface area contributed by atoms with Crippen LogP contribution in [-0.2, 0) is 19.4 Å². The second-order valence-corrected chi connectivity index (χ2v) is 5.96. The molecule has 1 aliphatic carbocycles. The van der Waals surface area contributed by atoms with E-state index in [1.807, 2.05) is 11.3 Å². The van der Waals surface area contributed by atoms with Crippen molar-refractivity contribution in [2.75, 3.05) is 6.54 Å². The van der Waals surface area contributed by atoms with Gasteiger partial charge in [0.15, 0.2) is 0 Å². The molecule has 2 rings (SSSR count). The monoisotopic (exact) mass is 238 g/mol. The Hall–Kier alpha value is -0.380. The molecule has 1 aromatic rings. The molecular weight excluding hydrogens is 216 g/mol. The van der Waals surface area contributed by atoms with Crippen molar-refractivity contribution in [3.8, 4) is 0 Å². The van der Waals surface area contributed by atoms with E-state index in [0.717, 1.165) is 6.54 Å². The van der Waals surface area contributed by atoms with Crippen LogP contribution in [0.5, 0.6) is 0 Å². The van der Waals surface area contributed by atoms with Gasteiger partial charge in [0.25, 0.3) is 0 Å². The van der Waals surface area contributed by atoms with Crippen molar-refractivity contribution in [3.05, 3.63) is 21.4 Å². The molecule has 1 aromatic heterocycles. The van der Waals surface area contributed by atoms with Gasteiger partial charge in [-0.05, 0) is 44.2 Å². The Labute approximate surface area is 102 Å². The first-order valence-corrected chi connectivity index (χ1v) is 7.15. The number of hydrogen-bond donors (Lipinski definition) is 2. The van der Waals surface area contributed by atoms with Gasteiger partial charge in [-0.25, -0.2) is 0 Å². The maximum Gasteiger partial charge on any atom is 0.0302 e. The summed E-state index contributed by atoms with van der Waals surface area (Å²) in [7, 11) is 0. The zero-order chi connectivity index (χ0) is 11.4. The summed E-state index contributed by atoms with van der Waals surface area (Å²) in [4.78, 5) is 3.11. The molecule has 0 radical (unpaired) electrons. The van der Waals surface area contributed by atoms with E-state index in [-0.39, 0.29) is 0 Å². The maximum absolute atomic E-state index is 5.60. The van der Waals surface area contributed by atoms with Gasteiger partial charge in [0.05, 0.1) is 0 Å². The number of hydrogen-bond acceptors (Lipinski definition) is 3. The molecule has 0 fully saturated rings. The van der Waals surface area contributed by atoms with Crippen LogP contribution in [0.1, 0.15) is 41.5 Å². The Morgan fingerprint density at radius 2 is 2.19 bits per heavy atom. The molecule has 1 aliphatic rings. The fourth-order valence-corrected chi connectivity index (χ4v) is 3.39. The van der Waals surface area contributed by atoms with Gasteiger partial charge in [-0.1, -0.05) is 6.42 Å². The highest BCUT2D eigenvalue weighted by atomic mass is 32.1. The average Bonchev–Trinajstić information content (AvgIpc) is 2.56. The van der Waals surface area contributed by atoms with Crippen LogP contribution in [0.3, 0.4) is 0 Å². The molecule has 0 saturated carbocycles. The van der Waals surface area contributed by atoms with Crippen molar-refractivity contribution < 1.29 is 0 Å². The molecule has 3 heteroatoms. The highest BCUT2D eigenvalue weighted by Gasteiger charge is 2.12. The van der Waals surface area contributed by atoms with Gasteiger partial charge in [0, 0.05) is 28.9 Å². The topological polar surface area (TPSA) is 38.0 Å². The molecule has 0 bridgehead atoms. The van der Waals surface area contributed by atoms with Crippen LogP contribution in [0.15, 0.2) is 6.07 Å². The molecule has 3 N–H and O–H groups in total. The number of nitrogens with two attached hydrogens (primary N) is 1. The van der Waals surface area contributed by atoms with Crippen LogP contribution in [0.4, 0.5) is 0 Å². The first-order valence-electron chi connectivity index (χ1n) is 6.33. The summed E-state index contributed by atoms with van der Waals surface area (Å²) in [6.07, 6.45) is 6.74. The summed E-state index contributed by atoms with van der Waals surface area (Å²) in [6, 6.07) is 2.82. The second kappa shape index (κ2) is 5.80. The van der Waals surface area contributed by atoms with Gasteiger partial charge in [-0.2, -0.15) is 0 Å². The van der Waals surface area contributed by atoms with Gasteiger partial charge >= 0.3 is 0 Å². The third-order valence-corrected chi connectivity index (χ3v) is 4.51. The van der Waals surface area contributed by atoms with E-state index in [0.29, 0.717) is 12.6 Å². The highest BCUT2D eigenvalue weighted by Crippen LogP contribution is 2.28. The lowest BCUT2D eigenvalue weighted by Crippen LogP contribution is -2.32. The largest absolute Gasteiger partial charge is 0.329 e.